The number of pyridine rings is 1. The highest BCUT2D eigenvalue weighted by molar-refractivity contribution is 5.82. The van der Waals surface area contributed by atoms with Gasteiger partial charge in [-0.25, -0.2) is 4.98 Å². The molecule has 1 aromatic heterocycles. The topological polar surface area (TPSA) is 24.9 Å². The maximum absolute atomic E-state index is 4.77. The van der Waals surface area contributed by atoms with Crippen molar-refractivity contribution < 1.29 is 0 Å². The molecule has 0 spiro atoms. The van der Waals surface area contributed by atoms with Gasteiger partial charge in [-0.3, -0.25) is 0 Å². The quantitative estimate of drug-likeness (QED) is 0.528. The second kappa shape index (κ2) is 5.93. The van der Waals surface area contributed by atoms with Gasteiger partial charge < -0.3 is 5.32 Å². The van der Waals surface area contributed by atoms with E-state index in [0.29, 0.717) is 0 Å². The lowest BCUT2D eigenvalue weighted by Gasteiger charge is -2.09. The van der Waals surface area contributed by atoms with E-state index < -0.39 is 0 Å². The molecule has 4 rings (SSSR count). The van der Waals surface area contributed by atoms with E-state index in [1.54, 1.807) is 0 Å². The predicted octanol–water partition coefficient (Wildman–Crippen LogP) is 5.65. The number of anilines is 2. The molecule has 1 N–H and O–H groups in total. The number of para-hydroxylation sites is 2. The van der Waals surface area contributed by atoms with Crippen molar-refractivity contribution in [2.75, 3.05) is 5.32 Å². The Labute approximate surface area is 135 Å². The second-order valence-corrected chi connectivity index (χ2v) is 5.46. The number of aromatic nitrogens is 1. The highest BCUT2D eigenvalue weighted by Crippen LogP contribution is 2.25. The lowest BCUT2D eigenvalue weighted by atomic mass is 10.1. The molecule has 0 radical (unpaired) electrons. The molecule has 2 nitrogen and oxygen atoms in total. The summed E-state index contributed by atoms with van der Waals surface area (Å²) >= 11 is 0. The standard InChI is InChI=1S/C21H16N2/c1-2-9-18(10-3-1)22-19-11-6-8-17(15-19)21-14-13-16-7-4-5-12-20(16)23-21/h1-15,22H. The highest BCUT2D eigenvalue weighted by Gasteiger charge is 2.03. The number of rotatable bonds is 3. The average Bonchev–Trinajstić information content (AvgIpc) is 2.62. The van der Waals surface area contributed by atoms with E-state index in [1.807, 2.05) is 36.4 Å². The molecule has 0 aliphatic rings. The Morgan fingerprint density at radius 1 is 0.609 bits per heavy atom. The van der Waals surface area contributed by atoms with E-state index in [-0.39, 0.29) is 0 Å². The zero-order chi connectivity index (χ0) is 15.5. The van der Waals surface area contributed by atoms with Crippen LogP contribution in [0.15, 0.2) is 91.0 Å². The van der Waals surface area contributed by atoms with Gasteiger partial charge in [0.25, 0.3) is 0 Å². The van der Waals surface area contributed by atoms with Crippen LogP contribution in [0.3, 0.4) is 0 Å². The summed E-state index contributed by atoms with van der Waals surface area (Å²) in [4.78, 5) is 4.77. The summed E-state index contributed by atoms with van der Waals surface area (Å²) < 4.78 is 0. The molecule has 0 bridgehead atoms. The lowest BCUT2D eigenvalue weighted by Crippen LogP contribution is -1.91. The maximum Gasteiger partial charge on any atom is 0.0710 e. The number of hydrogen-bond acceptors (Lipinski definition) is 2. The molecule has 0 aliphatic heterocycles. The molecule has 0 fully saturated rings. The highest BCUT2D eigenvalue weighted by atomic mass is 14.9. The largest absolute Gasteiger partial charge is 0.356 e. The Balaban J connectivity index is 1.69. The molecular formula is C21H16N2. The van der Waals surface area contributed by atoms with Crippen LogP contribution >= 0.6 is 0 Å². The van der Waals surface area contributed by atoms with Crippen LogP contribution in [0.1, 0.15) is 0 Å². The van der Waals surface area contributed by atoms with E-state index in [0.717, 1.165) is 33.5 Å². The molecule has 0 saturated carbocycles. The SMILES string of the molecule is c1ccc(Nc2cccc(-c3ccc4ccccc4n3)c2)cc1. The van der Waals surface area contributed by atoms with Gasteiger partial charge in [-0.15, -0.1) is 0 Å². The first-order valence-corrected chi connectivity index (χ1v) is 7.67. The van der Waals surface area contributed by atoms with Crippen molar-refractivity contribution >= 4 is 22.3 Å². The first kappa shape index (κ1) is 13.5. The first-order valence-electron chi connectivity index (χ1n) is 7.67. The van der Waals surface area contributed by atoms with E-state index in [2.05, 4.69) is 59.9 Å². The van der Waals surface area contributed by atoms with E-state index >= 15 is 0 Å². The van der Waals surface area contributed by atoms with Crippen LogP contribution in [0.4, 0.5) is 11.4 Å². The molecule has 110 valence electrons. The average molecular weight is 296 g/mol. The zero-order valence-corrected chi connectivity index (χ0v) is 12.6. The van der Waals surface area contributed by atoms with Crippen molar-refractivity contribution in [1.82, 2.24) is 4.98 Å². The number of fused-ring (bicyclic) bond motifs is 1. The Bertz CT molecular complexity index is 946. The Hall–Kier alpha value is -3.13. The van der Waals surface area contributed by atoms with Gasteiger partial charge in [-0.05, 0) is 36.4 Å². The molecule has 0 amide bonds. The van der Waals surface area contributed by atoms with Gasteiger partial charge in [0.1, 0.15) is 0 Å². The van der Waals surface area contributed by atoms with Crippen molar-refractivity contribution in [3.05, 3.63) is 91.0 Å². The van der Waals surface area contributed by atoms with Gasteiger partial charge in [0.15, 0.2) is 0 Å². The molecule has 0 saturated heterocycles. The Morgan fingerprint density at radius 3 is 2.30 bits per heavy atom. The maximum atomic E-state index is 4.77. The second-order valence-electron chi connectivity index (χ2n) is 5.46. The van der Waals surface area contributed by atoms with Crippen LogP contribution < -0.4 is 5.32 Å². The van der Waals surface area contributed by atoms with Crippen LogP contribution in [0.5, 0.6) is 0 Å². The van der Waals surface area contributed by atoms with Gasteiger partial charge in [-0.1, -0.05) is 54.6 Å². The van der Waals surface area contributed by atoms with Crippen molar-refractivity contribution in [1.29, 1.82) is 0 Å². The van der Waals surface area contributed by atoms with Gasteiger partial charge in [0.05, 0.1) is 11.2 Å². The van der Waals surface area contributed by atoms with E-state index in [1.165, 1.54) is 0 Å². The molecule has 0 atom stereocenters. The molecule has 1 heterocycles. The molecule has 23 heavy (non-hydrogen) atoms. The monoisotopic (exact) mass is 296 g/mol. The molecular weight excluding hydrogens is 280 g/mol. The third-order valence-electron chi connectivity index (χ3n) is 3.82. The zero-order valence-electron chi connectivity index (χ0n) is 12.6. The molecule has 0 aliphatic carbocycles. The van der Waals surface area contributed by atoms with Crippen molar-refractivity contribution in [2.45, 2.75) is 0 Å². The molecule has 0 unspecified atom stereocenters. The molecule has 3 aromatic carbocycles. The van der Waals surface area contributed by atoms with Crippen molar-refractivity contribution in [3.8, 4) is 11.3 Å². The van der Waals surface area contributed by atoms with Crippen LogP contribution in [-0.2, 0) is 0 Å². The van der Waals surface area contributed by atoms with E-state index in [4.69, 9.17) is 4.98 Å². The lowest BCUT2D eigenvalue weighted by molar-refractivity contribution is 1.40. The third kappa shape index (κ3) is 2.92. The summed E-state index contributed by atoms with van der Waals surface area (Å²) in [6.07, 6.45) is 0. The fourth-order valence-electron chi connectivity index (χ4n) is 2.67. The smallest absolute Gasteiger partial charge is 0.0710 e. The van der Waals surface area contributed by atoms with Gasteiger partial charge >= 0.3 is 0 Å². The van der Waals surface area contributed by atoms with Gasteiger partial charge in [-0.2, -0.15) is 0 Å². The van der Waals surface area contributed by atoms with Gasteiger partial charge in [0.2, 0.25) is 0 Å². The van der Waals surface area contributed by atoms with E-state index in [9.17, 15) is 0 Å². The molecule has 2 heteroatoms. The van der Waals surface area contributed by atoms with Crippen molar-refractivity contribution in [2.24, 2.45) is 0 Å². The minimum absolute atomic E-state index is 0.986. The fourth-order valence-corrected chi connectivity index (χ4v) is 2.67. The summed E-state index contributed by atoms with van der Waals surface area (Å²) in [5, 5.41) is 4.59. The number of benzene rings is 3. The summed E-state index contributed by atoms with van der Waals surface area (Å²) in [6, 6.07) is 30.9. The summed E-state index contributed by atoms with van der Waals surface area (Å²) in [6.45, 7) is 0. The van der Waals surface area contributed by atoms with Crippen LogP contribution in [0, 0.1) is 0 Å². The number of nitrogens with zero attached hydrogens (tertiary/aromatic N) is 1. The Kier molecular flexibility index (Phi) is 3.49. The number of hydrogen-bond donors (Lipinski definition) is 1. The first-order chi connectivity index (χ1) is 11.4. The Morgan fingerprint density at radius 2 is 1.39 bits per heavy atom. The van der Waals surface area contributed by atoms with Crippen LogP contribution in [0.25, 0.3) is 22.2 Å². The number of nitrogens with one attached hydrogen (secondary N) is 1. The summed E-state index contributed by atoms with van der Waals surface area (Å²) in [5.41, 5.74) is 5.25. The van der Waals surface area contributed by atoms with Crippen LogP contribution in [0.2, 0.25) is 0 Å². The fraction of sp³-hybridized carbons (Fsp3) is 0. The van der Waals surface area contributed by atoms with Crippen molar-refractivity contribution in [3.63, 3.8) is 0 Å². The minimum Gasteiger partial charge on any atom is -0.356 e. The van der Waals surface area contributed by atoms with Gasteiger partial charge in [0, 0.05) is 22.3 Å². The summed E-state index contributed by atoms with van der Waals surface area (Å²) in [7, 11) is 0. The predicted molar refractivity (Wildman–Crippen MR) is 96.9 cm³/mol. The normalized spacial score (nSPS) is 10.6. The van der Waals surface area contributed by atoms with Crippen LogP contribution in [-0.4, -0.2) is 4.98 Å². The molecule has 4 aromatic rings. The summed E-state index contributed by atoms with van der Waals surface area (Å²) in [5.74, 6) is 0. The third-order valence-corrected chi connectivity index (χ3v) is 3.82. The minimum atomic E-state index is 0.986.